The molecule has 32 aromatic rings. The molecule has 0 saturated carbocycles. The van der Waals surface area contributed by atoms with Crippen LogP contribution in [0.2, 0.25) is 0 Å². The van der Waals surface area contributed by atoms with Gasteiger partial charge in [0.1, 0.15) is 67.0 Å². The number of fused-ring (bicyclic) bond motifs is 28. The zero-order valence-corrected chi connectivity index (χ0v) is 78.8. The van der Waals surface area contributed by atoms with Crippen molar-refractivity contribution in [3.8, 4) is 100 Å². The van der Waals surface area contributed by atoms with E-state index in [0.29, 0.717) is 0 Å². The van der Waals surface area contributed by atoms with Gasteiger partial charge in [-0.1, -0.05) is 443 Å². The normalized spacial score (nSPS) is 12.0. The van der Waals surface area contributed by atoms with E-state index in [9.17, 15) is 0 Å². The zero-order chi connectivity index (χ0) is 95.7. The van der Waals surface area contributed by atoms with Crippen LogP contribution in [0.25, 0.3) is 318 Å². The Kier molecular flexibility index (Phi) is 18.7. The van der Waals surface area contributed by atoms with E-state index in [1.54, 1.807) is 0 Å². The molecule has 0 radical (unpaired) electrons. The monoisotopic (exact) mass is 1860 g/mol. The highest BCUT2D eigenvalue weighted by molar-refractivity contribution is 6.36. The minimum Gasteiger partial charge on any atom is -0.456 e. The molecule has 0 saturated heterocycles. The second-order valence-electron chi connectivity index (χ2n) is 38.2. The Hall–Kier alpha value is -19.4. The van der Waals surface area contributed by atoms with Gasteiger partial charge < -0.3 is 26.5 Å². The molecular weight excluding hydrogens is 1780 g/mol. The average molecular weight is 1860 g/mol. The fraction of sp³-hybridized carbons (Fsp3) is 0. The van der Waals surface area contributed by atoms with E-state index in [1.807, 2.05) is 48.5 Å². The number of benzene rings is 26. The van der Waals surface area contributed by atoms with Crippen LogP contribution in [-0.2, 0) is 0 Å². The Morgan fingerprint density at radius 2 is 0.411 bits per heavy atom. The molecule has 32 rings (SSSR count). The molecule has 678 valence electrons. The summed E-state index contributed by atoms with van der Waals surface area (Å²) in [5, 5.41) is 32.4. The van der Waals surface area contributed by atoms with Gasteiger partial charge >= 0.3 is 0 Å². The minimum absolute atomic E-state index is 0.846. The van der Waals surface area contributed by atoms with E-state index < -0.39 is 0 Å². The van der Waals surface area contributed by atoms with Crippen molar-refractivity contribution in [3.63, 3.8) is 0 Å². The van der Waals surface area contributed by atoms with Crippen LogP contribution in [0.5, 0.6) is 0 Å². The van der Waals surface area contributed by atoms with Crippen LogP contribution in [0.15, 0.2) is 524 Å². The highest BCUT2D eigenvalue weighted by Crippen LogP contribution is 2.57. The van der Waals surface area contributed by atoms with E-state index in [2.05, 4.69) is 449 Å². The second-order valence-corrected chi connectivity index (χ2v) is 38.2. The quantitative estimate of drug-likeness (QED) is 0.134. The van der Waals surface area contributed by atoms with Gasteiger partial charge in [0, 0.05) is 92.5 Å². The van der Waals surface area contributed by atoms with Crippen molar-refractivity contribution >= 4 is 218 Å². The predicted molar refractivity (Wildman–Crippen MR) is 612 cm³/mol. The van der Waals surface area contributed by atoms with Gasteiger partial charge in [0.25, 0.3) is 0 Å². The minimum atomic E-state index is 0.846. The largest absolute Gasteiger partial charge is 0.456 e. The van der Waals surface area contributed by atoms with Gasteiger partial charge in [-0.15, -0.1) is 0 Å². The van der Waals surface area contributed by atoms with Gasteiger partial charge in [0.15, 0.2) is 0 Å². The second kappa shape index (κ2) is 33.1. The van der Waals surface area contributed by atoms with E-state index in [-0.39, 0.29) is 0 Å². The molecule has 6 heteroatoms. The molecule has 0 bridgehead atoms. The Balaban J connectivity index is 0.000000102. The predicted octanol–water partition coefficient (Wildman–Crippen LogP) is 40.7. The van der Waals surface area contributed by atoms with Crippen LogP contribution in [0.1, 0.15) is 0 Å². The number of furan rings is 6. The molecular formula is C140H82O6. The van der Waals surface area contributed by atoms with Crippen molar-refractivity contribution in [2.24, 2.45) is 0 Å². The zero-order valence-electron chi connectivity index (χ0n) is 78.8. The summed E-state index contributed by atoms with van der Waals surface area (Å²) in [5.74, 6) is 0. The SMILES string of the molecule is c1ccc(-c2c(-c3c4ccccc4c(-c4cc5oc6ccccc6c5c5c4oc4ccccc45)c4ccccc34)ccc3ccccc23)cc1.c1ccc(-c2ccc(-c3c4ccccc4c(-c4c5oc6ccccc6c5cc5c4oc4ccccc45)c4ccccc34)c3ccccc23)cc1.c1ccc(-c2ccc(-c3c4ccccc4c(-c4cccc5c4oc4ccc6oc7ccccc7c6c45)c4ccccc34)cc2)cc1. The van der Waals surface area contributed by atoms with Gasteiger partial charge in [-0.2, -0.15) is 0 Å². The molecule has 146 heavy (non-hydrogen) atoms. The molecule has 6 aromatic heterocycles. The Labute approximate surface area is 835 Å². The Bertz CT molecular complexity index is 10800. The maximum Gasteiger partial charge on any atom is 0.147 e. The van der Waals surface area contributed by atoms with Crippen LogP contribution in [0, 0.1) is 0 Å². The summed E-state index contributed by atoms with van der Waals surface area (Å²) in [4.78, 5) is 0. The molecule has 0 amide bonds. The molecule has 0 fully saturated rings. The summed E-state index contributed by atoms with van der Waals surface area (Å²) in [7, 11) is 0. The Morgan fingerprint density at radius 1 is 0.103 bits per heavy atom. The van der Waals surface area contributed by atoms with E-state index >= 15 is 0 Å². The molecule has 6 nitrogen and oxygen atoms in total. The fourth-order valence-corrected chi connectivity index (χ4v) is 24.2. The first-order valence-electron chi connectivity index (χ1n) is 49.9. The molecule has 0 unspecified atom stereocenters. The first kappa shape index (κ1) is 82.5. The van der Waals surface area contributed by atoms with Crippen molar-refractivity contribution in [2.75, 3.05) is 0 Å². The third kappa shape index (κ3) is 12.7. The summed E-state index contributed by atoms with van der Waals surface area (Å²) < 4.78 is 40.1. The highest BCUT2D eigenvalue weighted by Gasteiger charge is 2.31. The van der Waals surface area contributed by atoms with E-state index in [1.165, 1.54) is 148 Å². The number of para-hydroxylation sites is 6. The van der Waals surface area contributed by atoms with Crippen molar-refractivity contribution in [2.45, 2.75) is 0 Å². The standard InChI is InChI=1S/2C48H28O2.C44H26O2/c1-2-15-30(16-3-1)43-31-17-5-4-14-29(31)26-27-38(43)44-32-18-6-8-20-34(32)45(35-21-9-7-19-33(35)44)39-28-42-46(36-22-10-12-24-40(36)49-42)47-37-23-11-13-25-41(37)50-48(39)47;1-2-14-29(15-3-1)30-26-27-39(32-17-5-4-16-31(30)32)44-35-20-6-8-22-37(35)45(38-23-9-7-21-36(38)44)46-47-40(33-18-10-12-24-42(33)49-47)28-41-34-19-11-13-25-43(34)50-48(41)46;1-2-11-27(12-3-1)28-21-23-29(24-22-28)40-30-13-4-6-15-32(30)41(33-16-7-5-14-31(33)40)35-18-10-19-36-43-39(46-44(35)36)26-25-38-42(43)34-17-8-9-20-37(34)45-38/h2*1-28H;1-26H. The van der Waals surface area contributed by atoms with Crippen LogP contribution in [0.4, 0.5) is 0 Å². The molecule has 6 heterocycles. The third-order valence-electron chi connectivity index (χ3n) is 30.4. The smallest absolute Gasteiger partial charge is 0.147 e. The number of hydrogen-bond acceptors (Lipinski definition) is 6. The molecule has 0 aliphatic heterocycles. The average Bonchev–Trinajstić information content (AvgIpc) is 1.45. The van der Waals surface area contributed by atoms with Crippen LogP contribution in [0.3, 0.4) is 0 Å². The lowest BCUT2D eigenvalue weighted by atomic mass is 9.82. The van der Waals surface area contributed by atoms with Crippen molar-refractivity contribution in [1.82, 2.24) is 0 Å². The first-order chi connectivity index (χ1) is 72.5. The summed E-state index contributed by atoms with van der Waals surface area (Å²) in [6, 6.07) is 177. The molecule has 26 aromatic carbocycles. The third-order valence-corrected chi connectivity index (χ3v) is 30.4. The fourth-order valence-electron chi connectivity index (χ4n) is 24.2. The van der Waals surface area contributed by atoms with Gasteiger partial charge in [0.2, 0.25) is 0 Å². The molecule has 0 aliphatic rings. The molecule has 0 spiro atoms. The summed E-state index contributed by atoms with van der Waals surface area (Å²) in [6.07, 6.45) is 0. The Morgan fingerprint density at radius 3 is 0.925 bits per heavy atom. The number of hydrogen-bond donors (Lipinski definition) is 0. The van der Waals surface area contributed by atoms with Crippen molar-refractivity contribution in [3.05, 3.63) is 497 Å². The van der Waals surface area contributed by atoms with Crippen LogP contribution >= 0.6 is 0 Å². The maximum absolute atomic E-state index is 6.86. The van der Waals surface area contributed by atoms with Gasteiger partial charge in [-0.3, -0.25) is 0 Å². The highest BCUT2D eigenvalue weighted by atomic mass is 16.4. The lowest BCUT2D eigenvalue weighted by Crippen LogP contribution is -1.94. The summed E-state index contributed by atoms with van der Waals surface area (Å²) in [5.41, 5.74) is 31.7. The summed E-state index contributed by atoms with van der Waals surface area (Å²) in [6.45, 7) is 0. The first-order valence-corrected chi connectivity index (χ1v) is 49.9. The number of rotatable bonds is 9. The van der Waals surface area contributed by atoms with Gasteiger partial charge in [-0.25, -0.2) is 0 Å². The lowest BCUT2D eigenvalue weighted by molar-refractivity contribution is 0.658. The van der Waals surface area contributed by atoms with E-state index in [0.717, 1.165) is 170 Å². The van der Waals surface area contributed by atoms with Crippen LogP contribution in [-0.4, -0.2) is 0 Å². The molecule has 0 N–H and O–H groups in total. The van der Waals surface area contributed by atoms with Gasteiger partial charge in [0.05, 0.1) is 5.56 Å². The molecule has 0 aliphatic carbocycles. The van der Waals surface area contributed by atoms with Gasteiger partial charge in [-0.05, 0) is 208 Å². The maximum atomic E-state index is 6.86. The summed E-state index contributed by atoms with van der Waals surface area (Å²) >= 11 is 0. The lowest BCUT2D eigenvalue weighted by Gasteiger charge is -2.21. The molecule has 0 atom stereocenters. The van der Waals surface area contributed by atoms with Crippen molar-refractivity contribution < 1.29 is 26.5 Å². The topological polar surface area (TPSA) is 78.8 Å². The van der Waals surface area contributed by atoms with Crippen LogP contribution < -0.4 is 0 Å². The van der Waals surface area contributed by atoms with E-state index in [4.69, 9.17) is 26.5 Å². The van der Waals surface area contributed by atoms with Crippen molar-refractivity contribution in [1.29, 1.82) is 0 Å².